The molecule has 0 aliphatic heterocycles. The molecule has 0 aliphatic carbocycles. The largest absolute Gasteiger partial charge is 0.485 e. The van der Waals surface area contributed by atoms with Crippen molar-refractivity contribution in [3.63, 3.8) is 0 Å². The predicted molar refractivity (Wildman–Crippen MR) is 85.7 cm³/mol. The lowest BCUT2D eigenvalue weighted by atomic mass is 10.0. The molecule has 1 aromatic heterocycles. The number of ether oxygens (including phenoxy) is 1. The van der Waals surface area contributed by atoms with Gasteiger partial charge in [-0.2, -0.15) is 0 Å². The van der Waals surface area contributed by atoms with Crippen molar-refractivity contribution in [2.75, 3.05) is 6.54 Å². The van der Waals surface area contributed by atoms with E-state index >= 15 is 0 Å². The van der Waals surface area contributed by atoms with Gasteiger partial charge in [0.2, 0.25) is 0 Å². The molecule has 2 aromatic rings. The highest BCUT2D eigenvalue weighted by Gasteiger charge is 2.07. The van der Waals surface area contributed by atoms with Gasteiger partial charge in [0.15, 0.2) is 0 Å². The Morgan fingerprint density at radius 3 is 2.62 bits per heavy atom. The minimum Gasteiger partial charge on any atom is -0.485 e. The smallest absolute Gasteiger partial charge is 0.146 e. The van der Waals surface area contributed by atoms with Gasteiger partial charge in [-0.25, -0.2) is 0 Å². The van der Waals surface area contributed by atoms with E-state index in [0.717, 1.165) is 35.9 Å². The second kappa shape index (κ2) is 7.32. The highest BCUT2D eigenvalue weighted by molar-refractivity contribution is 5.37. The number of hydrogen-bond donors (Lipinski definition) is 1. The van der Waals surface area contributed by atoms with Crippen molar-refractivity contribution in [3.8, 4) is 5.75 Å². The Kier molecular flexibility index (Phi) is 5.45. The zero-order valence-corrected chi connectivity index (χ0v) is 13.4. The Balaban J connectivity index is 1.99. The topological polar surface area (TPSA) is 34.4 Å². The van der Waals surface area contributed by atoms with Gasteiger partial charge in [0.1, 0.15) is 23.9 Å². The fourth-order valence-corrected chi connectivity index (χ4v) is 2.12. The van der Waals surface area contributed by atoms with Gasteiger partial charge in [0.05, 0.1) is 6.54 Å². The van der Waals surface area contributed by atoms with Crippen molar-refractivity contribution >= 4 is 0 Å². The third-order valence-corrected chi connectivity index (χ3v) is 3.52. The summed E-state index contributed by atoms with van der Waals surface area (Å²) >= 11 is 0. The minimum atomic E-state index is 0.467. The summed E-state index contributed by atoms with van der Waals surface area (Å²) in [5.74, 6) is 3.24. The summed E-state index contributed by atoms with van der Waals surface area (Å²) in [6, 6.07) is 10.4. The van der Waals surface area contributed by atoms with Crippen LogP contribution in [-0.2, 0) is 13.2 Å². The molecule has 0 bridgehead atoms. The van der Waals surface area contributed by atoms with Gasteiger partial charge in [0, 0.05) is 0 Å². The van der Waals surface area contributed by atoms with Gasteiger partial charge in [-0.1, -0.05) is 32.9 Å². The first-order valence-electron chi connectivity index (χ1n) is 7.61. The van der Waals surface area contributed by atoms with Crippen molar-refractivity contribution < 1.29 is 9.15 Å². The van der Waals surface area contributed by atoms with E-state index in [4.69, 9.17) is 9.15 Å². The highest BCUT2D eigenvalue weighted by Crippen LogP contribution is 2.25. The molecule has 1 N–H and O–H groups in total. The Morgan fingerprint density at radius 2 is 1.90 bits per heavy atom. The maximum absolute atomic E-state index is 5.92. The van der Waals surface area contributed by atoms with E-state index in [1.54, 1.807) is 0 Å². The maximum Gasteiger partial charge on any atom is 0.146 e. The molecule has 0 radical (unpaired) electrons. The van der Waals surface area contributed by atoms with Gasteiger partial charge in [-0.05, 0) is 48.7 Å². The molecule has 0 atom stereocenters. The lowest BCUT2D eigenvalue weighted by Gasteiger charge is -2.12. The number of nitrogens with one attached hydrogen (secondary N) is 1. The second-order valence-electron chi connectivity index (χ2n) is 5.62. The van der Waals surface area contributed by atoms with Crippen molar-refractivity contribution in [2.45, 2.75) is 46.8 Å². The molecule has 0 saturated carbocycles. The summed E-state index contributed by atoms with van der Waals surface area (Å²) in [7, 11) is 0. The van der Waals surface area contributed by atoms with Crippen LogP contribution in [0.1, 0.15) is 49.3 Å². The fraction of sp³-hybridized carbons (Fsp3) is 0.444. The SMILES string of the molecule is CCNCc1ccc(COc2cc(C(C)C)ccc2C)o1. The average molecular weight is 287 g/mol. The Morgan fingerprint density at radius 1 is 1.14 bits per heavy atom. The number of benzene rings is 1. The maximum atomic E-state index is 5.92. The zero-order valence-electron chi connectivity index (χ0n) is 13.4. The first kappa shape index (κ1) is 15.6. The molecule has 0 unspecified atom stereocenters. The number of rotatable bonds is 7. The summed E-state index contributed by atoms with van der Waals surface area (Å²) in [4.78, 5) is 0. The molecule has 0 aliphatic rings. The molecular weight excluding hydrogens is 262 g/mol. The molecule has 3 heteroatoms. The second-order valence-corrected chi connectivity index (χ2v) is 5.62. The molecule has 1 heterocycles. The Labute approximate surface area is 127 Å². The van der Waals surface area contributed by atoms with Crippen LogP contribution >= 0.6 is 0 Å². The van der Waals surface area contributed by atoms with Crippen LogP contribution < -0.4 is 10.1 Å². The van der Waals surface area contributed by atoms with Gasteiger partial charge < -0.3 is 14.5 Å². The van der Waals surface area contributed by atoms with E-state index < -0.39 is 0 Å². The van der Waals surface area contributed by atoms with E-state index in [-0.39, 0.29) is 0 Å². The van der Waals surface area contributed by atoms with E-state index in [1.165, 1.54) is 5.56 Å². The summed E-state index contributed by atoms with van der Waals surface area (Å²) in [6.45, 7) is 10.7. The third-order valence-electron chi connectivity index (χ3n) is 3.52. The van der Waals surface area contributed by atoms with Crippen molar-refractivity contribution in [1.82, 2.24) is 5.32 Å². The quantitative estimate of drug-likeness (QED) is 0.819. The van der Waals surface area contributed by atoms with Crippen LogP contribution in [0.5, 0.6) is 5.75 Å². The molecule has 0 spiro atoms. The summed E-state index contributed by atoms with van der Waals surface area (Å²) in [5.41, 5.74) is 2.45. The Bertz CT molecular complexity index is 572. The lowest BCUT2D eigenvalue weighted by molar-refractivity contribution is 0.263. The van der Waals surface area contributed by atoms with Gasteiger partial charge in [0.25, 0.3) is 0 Å². The van der Waals surface area contributed by atoms with E-state index in [0.29, 0.717) is 12.5 Å². The van der Waals surface area contributed by atoms with Crippen molar-refractivity contribution in [2.24, 2.45) is 0 Å². The molecule has 114 valence electrons. The number of aryl methyl sites for hydroxylation is 1. The van der Waals surface area contributed by atoms with Crippen LogP contribution in [0, 0.1) is 6.92 Å². The van der Waals surface area contributed by atoms with Crippen LogP contribution in [0.25, 0.3) is 0 Å². The molecule has 0 fully saturated rings. The monoisotopic (exact) mass is 287 g/mol. The van der Waals surface area contributed by atoms with Gasteiger partial charge in [-0.3, -0.25) is 0 Å². The lowest BCUT2D eigenvalue weighted by Crippen LogP contribution is -2.10. The molecule has 0 amide bonds. The summed E-state index contributed by atoms with van der Waals surface area (Å²) in [5, 5.41) is 3.25. The molecule has 1 aromatic carbocycles. The standard InChI is InChI=1S/C18H25NO2/c1-5-19-11-16-8-9-17(21-16)12-20-18-10-15(13(2)3)7-6-14(18)4/h6-10,13,19H,5,11-12H2,1-4H3. The zero-order chi connectivity index (χ0) is 15.2. The van der Waals surface area contributed by atoms with Crippen molar-refractivity contribution in [1.29, 1.82) is 0 Å². The normalized spacial score (nSPS) is 11.1. The van der Waals surface area contributed by atoms with Crippen molar-refractivity contribution in [3.05, 3.63) is 53.0 Å². The first-order valence-corrected chi connectivity index (χ1v) is 7.61. The third kappa shape index (κ3) is 4.36. The Hall–Kier alpha value is -1.74. The van der Waals surface area contributed by atoms with Crippen LogP contribution in [0.4, 0.5) is 0 Å². The van der Waals surface area contributed by atoms with Gasteiger partial charge >= 0.3 is 0 Å². The molecule has 2 rings (SSSR count). The predicted octanol–water partition coefficient (Wildman–Crippen LogP) is 4.40. The van der Waals surface area contributed by atoms with Gasteiger partial charge in [-0.15, -0.1) is 0 Å². The number of furan rings is 1. The van der Waals surface area contributed by atoms with Crippen LogP contribution in [0.3, 0.4) is 0 Å². The van der Waals surface area contributed by atoms with E-state index in [1.807, 2.05) is 12.1 Å². The number of hydrogen-bond acceptors (Lipinski definition) is 3. The van der Waals surface area contributed by atoms with Crippen LogP contribution in [-0.4, -0.2) is 6.54 Å². The summed E-state index contributed by atoms with van der Waals surface area (Å²) < 4.78 is 11.7. The molecule has 21 heavy (non-hydrogen) atoms. The van der Waals surface area contributed by atoms with E-state index in [2.05, 4.69) is 51.2 Å². The average Bonchev–Trinajstić information content (AvgIpc) is 2.92. The van der Waals surface area contributed by atoms with Crippen LogP contribution in [0.15, 0.2) is 34.7 Å². The van der Waals surface area contributed by atoms with Crippen LogP contribution in [0.2, 0.25) is 0 Å². The highest BCUT2D eigenvalue weighted by atomic mass is 16.5. The fourth-order valence-electron chi connectivity index (χ4n) is 2.12. The minimum absolute atomic E-state index is 0.467. The molecular formula is C18H25NO2. The summed E-state index contributed by atoms with van der Waals surface area (Å²) in [6.07, 6.45) is 0. The molecule has 0 saturated heterocycles. The molecule has 3 nitrogen and oxygen atoms in total. The first-order chi connectivity index (χ1) is 10.1. The van der Waals surface area contributed by atoms with E-state index in [9.17, 15) is 0 Å².